The van der Waals surface area contributed by atoms with Crippen molar-refractivity contribution in [2.24, 2.45) is 0 Å². The van der Waals surface area contributed by atoms with Gasteiger partial charge < -0.3 is 10.3 Å². The minimum absolute atomic E-state index is 0.0570. The van der Waals surface area contributed by atoms with Crippen LogP contribution in [0.15, 0.2) is 24.3 Å². The van der Waals surface area contributed by atoms with Gasteiger partial charge >= 0.3 is 0 Å². The molecular weight excluding hydrogens is 258 g/mol. The third-order valence-electron chi connectivity index (χ3n) is 3.82. The standard InChI is InChI=1S/C18H27N3/c1-7-15-20-16(17(19)21(15)18(4,5)6)14-10-8-13(9-11-14)12(2)3/h8-12H,7,19H2,1-6H3. The Morgan fingerprint density at radius 2 is 1.71 bits per heavy atom. The summed E-state index contributed by atoms with van der Waals surface area (Å²) < 4.78 is 2.15. The second kappa shape index (κ2) is 5.55. The van der Waals surface area contributed by atoms with Crippen molar-refractivity contribution in [3.8, 4) is 11.3 Å². The van der Waals surface area contributed by atoms with E-state index in [0.29, 0.717) is 5.92 Å². The van der Waals surface area contributed by atoms with Gasteiger partial charge in [-0.1, -0.05) is 45.0 Å². The summed E-state index contributed by atoms with van der Waals surface area (Å²) in [6, 6.07) is 8.59. The quantitative estimate of drug-likeness (QED) is 0.897. The predicted molar refractivity (Wildman–Crippen MR) is 90.5 cm³/mol. The third kappa shape index (κ3) is 2.97. The number of rotatable bonds is 3. The van der Waals surface area contributed by atoms with Crippen molar-refractivity contribution in [3.63, 3.8) is 0 Å². The third-order valence-corrected chi connectivity index (χ3v) is 3.82. The van der Waals surface area contributed by atoms with Gasteiger partial charge in [0.25, 0.3) is 0 Å². The van der Waals surface area contributed by atoms with E-state index in [1.807, 2.05) is 0 Å². The molecule has 2 aromatic rings. The monoisotopic (exact) mass is 285 g/mol. The van der Waals surface area contributed by atoms with Crippen LogP contribution in [-0.4, -0.2) is 9.55 Å². The highest BCUT2D eigenvalue weighted by Crippen LogP contribution is 2.32. The Balaban J connectivity index is 2.52. The zero-order chi connectivity index (χ0) is 15.8. The molecule has 3 heteroatoms. The molecule has 0 unspecified atom stereocenters. The number of aryl methyl sites for hydroxylation is 1. The van der Waals surface area contributed by atoms with E-state index in [1.165, 1.54) is 5.56 Å². The number of anilines is 1. The predicted octanol–water partition coefficient (Wildman–Crippen LogP) is 4.57. The summed E-state index contributed by atoms with van der Waals surface area (Å²) in [5, 5.41) is 0. The van der Waals surface area contributed by atoms with Crippen molar-refractivity contribution in [1.82, 2.24) is 9.55 Å². The van der Waals surface area contributed by atoms with E-state index in [4.69, 9.17) is 10.7 Å². The van der Waals surface area contributed by atoms with Crippen molar-refractivity contribution >= 4 is 5.82 Å². The maximum atomic E-state index is 6.40. The average molecular weight is 285 g/mol. The number of nitrogens with zero attached hydrogens (tertiary/aromatic N) is 2. The molecule has 2 N–H and O–H groups in total. The second-order valence-corrected chi connectivity index (χ2v) is 6.90. The van der Waals surface area contributed by atoms with E-state index in [9.17, 15) is 0 Å². The number of hydrogen-bond donors (Lipinski definition) is 1. The lowest BCUT2D eigenvalue weighted by Gasteiger charge is -2.24. The van der Waals surface area contributed by atoms with Crippen molar-refractivity contribution in [2.75, 3.05) is 5.73 Å². The highest BCUT2D eigenvalue weighted by molar-refractivity contribution is 5.71. The SMILES string of the molecule is CCc1nc(-c2ccc(C(C)C)cc2)c(N)n1C(C)(C)C. The molecule has 0 atom stereocenters. The Morgan fingerprint density at radius 1 is 1.14 bits per heavy atom. The van der Waals surface area contributed by atoms with Crippen LogP contribution in [0.5, 0.6) is 0 Å². The van der Waals surface area contributed by atoms with Gasteiger partial charge in [-0.15, -0.1) is 0 Å². The van der Waals surface area contributed by atoms with Gasteiger partial charge in [0.2, 0.25) is 0 Å². The first-order chi connectivity index (χ1) is 9.75. The molecule has 1 aromatic heterocycles. The number of benzene rings is 1. The molecule has 0 aliphatic rings. The molecule has 0 spiro atoms. The Kier molecular flexibility index (Phi) is 4.13. The largest absolute Gasteiger partial charge is 0.383 e. The Hall–Kier alpha value is -1.77. The van der Waals surface area contributed by atoms with Crippen LogP contribution < -0.4 is 5.73 Å². The number of aromatic nitrogens is 2. The maximum absolute atomic E-state index is 6.40. The summed E-state index contributed by atoms with van der Waals surface area (Å²) >= 11 is 0. The topological polar surface area (TPSA) is 43.8 Å². The van der Waals surface area contributed by atoms with Gasteiger partial charge in [0, 0.05) is 17.5 Å². The molecule has 0 aliphatic heterocycles. The smallest absolute Gasteiger partial charge is 0.132 e. The minimum atomic E-state index is -0.0570. The lowest BCUT2D eigenvalue weighted by Crippen LogP contribution is -2.25. The lowest BCUT2D eigenvalue weighted by molar-refractivity contribution is 0.389. The van der Waals surface area contributed by atoms with Crippen LogP contribution in [0.3, 0.4) is 0 Å². The first-order valence-corrected chi connectivity index (χ1v) is 7.73. The fourth-order valence-corrected chi connectivity index (χ4v) is 2.71. The van der Waals surface area contributed by atoms with Crippen molar-refractivity contribution in [2.45, 2.75) is 59.4 Å². The zero-order valence-corrected chi connectivity index (χ0v) is 14.1. The summed E-state index contributed by atoms with van der Waals surface area (Å²) in [5.41, 5.74) is 9.67. The summed E-state index contributed by atoms with van der Waals surface area (Å²) in [6.45, 7) is 13.0. The lowest BCUT2D eigenvalue weighted by atomic mass is 10.0. The highest BCUT2D eigenvalue weighted by Gasteiger charge is 2.23. The molecule has 0 amide bonds. The van der Waals surface area contributed by atoms with Gasteiger partial charge in [-0.2, -0.15) is 0 Å². The first-order valence-electron chi connectivity index (χ1n) is 7.73. The van der Waals surface area contributed by atoms with Crippen LogP contribution in [0, 0.1) is 0 Å². The molecule has 114 valence electrons. The van der Waals surface area contributed by atoms with Crippen LogP contribution in [0.2, 0.25) is 0 Å². The Morgan fingerprint density at radius 3 is 2.10 bits per heavy atom. The highest BCUT2D eigenvalue weighted by atomic mass is 15.2. The normalized spacial score (nSPS) is 12.1. The molecule has 0 radical (unpaired) electrons. The van der Waals surface area contributed by atoms with E-state index in [0.717, 1.165) is 29.3 Å². The summed E-state index contributed by atoms with van der Waals surface area (Å²) in [5.74, 6) is 2.34. The van der Waals surface area contributed by atoms with Crippen LogP contribution in [-0.2, 0) is 12.0 Å². The van der Waals surface area contributed by atoms with Crippen molar-refractivity contribution < 1.29 is 0 Å². The van der Waals surface area contributed by atoms with Gasteiger partial charge in [-0.25, -0.2) is 4.98 Å². The van der Waals surface area contributed by atoms with Crippen molar-refractivity contribution in [1.29, 1.82) is 0 Å². The fourth-order valence-electron chi connectivity index (χ4n) is 2.71. The van der Waals surface area contributed by atoms with E-state index >= 15 is 0 Å². The zero-order valence-electron chi connectivity index (χ0n) is 14.1. The number of nitrogens with two attached hydrogens (primary N) is 1. The molecular formula is C18H27N3. The number of imidazole rings is 1. The molecule has 2 rings (SSSR count). The molecule has 3 nitrogen and oxygen atoms in total. The molecule has 0 fully saturated rings. The van der Waals surface area contributed by atoms with Gasteiger partial charge in [-0.05, 0) is 32.3 Å². The summed E-state index contributed by atoms with van der Waals surface area (Å²) in [7, 11) is 0. The van der Waals surface area contributed by atoms with E-state index in [2.05, 4.69) is 70.4 Å². The van der Waals surface area contributed by atoms with Crippen LogP contribution in [0.4, 0.5) is 5.82 Å². The minimum Gasteiger partial charge on any atom is -0.383 e. The van der Waals surface area contributed by atoms with Gasteiger partial charge in [0.05, 0.1) is 0 Å². The van der Waals surface area contributed by atoms with E-state index < -0.39 is 0 Å². The van der Waals surface area contributed by atoms with Crippen LogP contribution >= 0.6 is 0 Å². The summed E-state index contributed by atoms with van der Waals surface area (Å²) in [6.07, 6.45) is 0.881. The maximum Gasteiger partial charge on any atom is 0.132 e. The van der Waals surface area contributed by atoms with Crippen molar-refractivity contribution in [3.05, 3.63) is 35.7 Å². The molecule has 21 heavy (non-hydrogen) atoms. The Labute approximate surface area is 128 Å². The first kappa shape index (κ1) is 15.6. The van der Waals surface area contributed by atoms with Gasteiger partial charge in [0.15, 0.2) is 0 Å². The van der Waals surface area contributed by atoms with Crippen LogP contribution in [0.1, 0.15) is 58.8 Å². The molecule has 0 saturated carbocycles. The number of hydrogen-bond acceptors (Lipinski definition) is 2. The van der Waals surface area contributed by atoms with E-state index in [1.54, 1.807) is 0 Å². The molecule has 0 saturated heterocycles. The van der Waals surface area contributed by atoms with E-state index in [-0.39, 0.29) is 5.54 Å². The second-order valence-electron chi connectivity index (χ2n) is 6.90. The Bertz CT molecular complexity index is 613. The van der Waals surface area contributed by atoms with Crippen LogP contribution in [0.25, 0.3) is 11.3 Å². The molecule has 1 aromatic carbocycles. The molecule has 0 bridgehead atoms. The summed E-state index contributed by atoms with van der Waals surface area (Å²) in [4.78, 5) is 4.78. The molecule has 1 heterocycles. The van der Waals surface area contributed by atoms with Gasteiger partial charge in [0.1, 0.15) is 17.3 Å². The molecule has 0 aliphatic carbocycles. The fraction of sp³-hybridized carbons (Fsp3) is 0.500. The number of nitrogen functional groups attached to an aromatic ring is 1. The average Bonchev–Trinajstić information content (AvgIpc) is 2.75. The van der Waals surface area contributed by atoms with Gasteiger partial charge in [-0.3, -0.25) is 0 Å².